The smallest absolute Gasteiger partial charge is 0.140 e. The van der Waals surface area contributed by atoms with Gasteiger partial charge in [0.05, 0.1) is 0 Å². The second-order valence-electron chi connectivity index (χ2n) is 6.23. The fourth-order valence-corrected chi connectivity index (χ4v) is 6.03. The van der Waals surface area contributed by atoms with E-state index >= 15 is 0 Å². The summed E-state index contributed by atoms with van der Waals surface area (Å²) in [6, 6.07) is 38.1. The highest BCUT2D eigenvalue weighted by Crippen LogP contribution is 2.39. The third-order valence-electron chi connectivity index (χ3n) is 4.42. The van der Waals surface area contributed by atoms with E-state index in [1.54, 1.807) is 11.8 Å². The second kappa shape index (κ2) is 9.10. The van der Waals surface area contributed by atoms with Crippen molar-refractivity contribution in [3.63, 3.8) is 0 Å². The Morgan fingerprint density at radius 3 is 1.68 bits per heavy atom. The van der Waals surface area contributed by atoms with Crippen LogP contribution in [0.25, 0.3) is 0 Å². The summed E-state index contributed by atoms with van der Waals surface area (Å²) in [4.78, 5) is 1.14. The molecule has 0 saturated heterocycles. The van der Waals surface area contributed by atoms with Crippen molar-refractivity contribution in [2.45, 2.75) is 4.90 Å². The first-order valence-electron chi connectivity index (χ1n) is 9.17. The van der Waals surface area contributed by atoms with Crippen molar-refractivity contribution in [1.82, 2.24) is 0 Å². The molecule has 28 heavy (non-hydrogen) atoms. The van der Waals surface area contributed by atoms with Crippen molar-refractivity contribution in [2.24, 2.45) is 0 Å². The van der Waals surface area contributed by atoms with Crippen LogP contribution in [-0.2, 0) is 0 Å². The van der Waals surface area contributed by atoms with E-state index in [4.69, 9.17) is 4.74 Å². The molecule has 0 saturated carbocycles. The molecule has 0 aliphatic rings. The molecule has 1 nitrogen and oxygen atoms in total. The largest absolute Gasteiger partial charge is 0.456 e. The Bertz CT molecular complexity index is 995. The van der Waals surface area contributed by atoms with Crippen LogP contribution in [0.2, 0.25) is 0 Å². The van der Waals surface area contributed by atoms with Gasteiger partial charge in [-0.25, -0.2) is 0 Å². The molecule has 4 rings (SSSR count). The van der Waals surface area contributed by atoms with Crippen molar-refractivity contribution in [3.8, 4) is 11.5 Å². The first-order valence-corrected chi connectivity index (χ1v) is 11.7. The van der Waals surface area contributed by atoms with Gasteiger partial charge in [0.1, 0.15) is 11.5 Å². The summed E-state index contributed by atoms with van der Waals surface area (Å²) in [7, 11) is -0.709. The number of hydrogen-bond donors (Lipinski definition) is 0. The fraction of sp³-hybridized carbons (Fsp3) is 0.0400. The molecule has 0 atom stereocenters. The van der Waals surface area contributed by atoms with Gasteiger partial charge in [-0.3, -0.25) is 0 Å². The molecule has 0 N–H and O–H groups in total. The maximum Gasteiger partial charge on any atom is 0.140 e. The molecular weight excluding hydrogens is 379 g/mol. The summed E-state index contributed by atoms with van der Waals surface area (Å²) >= 11 is 1.70. The predicted octanol–water partition coefficient (Wildman–Crippen LogP) is 5.96. The van der Waals surface area contributed by atoms with E-state index in [1.165, 1.54) is 15.9 Å². The number of benzene rings is 4. The van der Waals surface area contributed by atoms with Crippen LogP contribution in [0, 0.1) is 0 Å². The molecule has 4 aromatic rings. The Balaban J connectivity index is 1.82. The van der Waals surface area contributed by atoms with Gasteiger partial charge in [0, 0.05) is 10.2 Å². The second-order valence-corrected chi connectivity index (χ2v) is 9.26. The van der Waals surface area contributed by atoms with Crippen LogP contribution in [0.3, 0.4) is 0 Å². The standard InChI is InChI=1S/C25H21OPS/c1-28-25-19-11-9-17-23(25)26-22-16-8-10-18-24(22)27(20-12-4-2-5-13-20)21-14-6-3-7-15-21/h2-19H,1H3. The molecule has 0 radical (unpaired) electrons. The van der Waals surface area contributed by atoms with Gasteiger partial charge in [-0.15, -0.1) is 11.8 Å². The van der Waals surface area contributed by atoms with E-state index in [1.807, 2.05) is 24.3 Å². The number of ether oxygens (including phenoxy) is 1. The fourth-order valence-electron chi connectivity index (χ4n) is 3.13. The number of hydrogen-bond acceptors (Lipinski definition) is 2. The van der Waals surface area contributed by atoms with Gasteiger partial charge >= 0.3 is 0 Å². The summed E-state index contributed by atoms with van der Waals surface area (Å²) < 4.78 is 6.45. The summed E-state index contributed by atoms with van der Waals surface area (Å²) in [5.74, 6) is 1.82. The molecule has 0 heterocycles. The summed E-state index contributed by atoms with van der Waals surface area (Å²) in [6.07, 6.45) is 2.08. The zero-order chi connectivity index (χ0) is 19.2. The van der Waals surface area contributed by atoms with Crippen LogP contribution in [-0.4, -0.2) is 6.26 Å². The monoisotopic (exact) mass is 400 g/mol. The zero-order valence-electron chi connectivity index (χ0n) is 15.7. The van der Waals surface area contributed by atoms with Gasteiger partial charge in [-0.1, -0.05) is 91.0 Å². The van der Waals surface area contributed by atoms with Crippen molar-refractivity contribution in [2.75, 3.05) is 6.26 Å². The minimum Gasteiger partial charge on any atom is -0.456 e. The average Bonchev–Trinajstić information content (AvgIpc) is 2.77. The third-order valence-corrected chi connectivity index (χ3v) is 7.68. The van der Waals surface area contributed by atoms with Crippen molar-refractivity contribution < 1.29 is 4.74 Å². The normalized spacial score (nSPS) is 10.8. The number of rotatable bonds is 6. The van der Waals surface area contributed by atoms with Crippen LogP contribution in [0.5, 0.6) is 11.5 Å². The van der Waals surface area contributed by atoms with Crippen molar-refractivity contribution in [1.29, 1.82) is 0 Å². The summed E-state index contributed by atoms with van der Waals surface area (Å²) in [6.45, 7) is 0. The lowest BCUT2D eigenvalue weighted by Gasteiger charge is -2.22. The van der Waals surface area contributed by atoms with Gasteiger partial charge in [0.25, 0.3) is 0 Å². The molecule has 4 aromatic carbocycles. The minimum atomic E-state index is -0.709. The lowest BCUT2D eigenvalue weighted by atomic mass is 10.3. The van der Waals surface area contributed by atoms with E-state index in [-0.39, 0.29) is 0 Å². The van der Waals surface area contributed by atoms with Crippen LogP contribution in [0.1, 0.15) is 0 Å². The first kappa shape index (κ1) is 18.8. The van der Waals surface area contributed by atoms with Crippen molar-refractivity contribution >= 4 is 35.6 Å². The number of thioether (sulfide) groups is 1. The topological polar surface area (TPSA) is 9.23 Å². The van der Waals surface area contributed by atoms with Crippen LogP contribution in [0.4, 0.5) is 0 Å². The molecule has 0 aromatic heterocycles. The maximum absolute atomic E-state index is 6.45. The van der Waals surface area contributed by atoms with Gasteiger partial charge in [-0.05, 0) is 43.0 Å². The Kier molecular flexibility index (Phi) is 6.11. The van der Waals surface area contributed by atoms with E-state index in [2.05, 4.69) is 91.2 Å². The Morgan fingerprint density at radius 1 is 0.571 bits per heavy atom. The zero-order valence-corrected chi connectivity index (χ0v) is 17.4. The molecule has 0 aliphatic carbocycles. The van der Waals surface area contributed by atoms with E-state index in [0.717, 1.165) is 16.4 Å². The highest BCUT2D eigenvalue weighted by Gasteiger charge is 2.20. The van der Waals surface area contributed by atoms with E-state index < -0.39 is 7.92 Å². The Hall–Kier alpha value is -2.54. The summed E-state index contributed by atoms with van der Waals surface area (Å²) in [5, 5.41) is 3.86. The van der Waals surface area contributed by atoms with Gasteiger partial charge < -0.3 is 4.74 Å². The average molecular weight is 400 g/mol. The van der Waals surface area contributed by atoms with Crippen molar-refractivity contribution in [3.05, 3.63) is 109 Å². The molecule has 138 valence electrons. The van der Waals surface area contributed by atoms with Crippen LogP contribution >= 0.6 is 19.7 Å². The van der Waals surface area contributed by atoms with Gasteiger partial charge in [0.2, 0.25) is 0 Å². The maximum atomic E-state index is 6.45. The lowest BCUT2D eigenvalue weighted by Crippen LogP contribution is -2.21. The van der Waals surface area contributed by atoms with E-state index in [9.17, 15) is 0 Å². The summed E-state index contributed by atoms with van der Waals surface area (Å²) in [5.41, 5.74) is 0. The Labute approximate surface area is 172 Å². The highest BCUT2D eigenvalue weighted by molar-refractivity contribution is 7.98. The lowest BCUT2D eigenvalue weighted by molar-refractivity contribution is 0.475. The predicted molar refractivity (Wildman–Crippen MR) is 123 cm³/mol. The molecule has 0 fully saturated rings. The molecular formula is C25H21OPS. The first-order chi connectivity index (χ1) is 13.9. The third kappa shape index (κ3) is 4.14. The van der Waals surface area contributed by atoms with Crippen LogP contribution < -0.4 is 20.7 Å². The highest BCUT2D eigenvalue weighted by atomic mass is 32.2. The SMILES string of the molecule is CSc1ccccc1Oc1ccccc1P(c1ccccc1)c1ccccc1. The Morgan fingerprint density at radius 2 is 1.07 bits per heavy atom. The quantitative estimate of drug-likeness (QED) is 0.292. The van der Waals surface area contributed by atoms with Gasteiger partial charge in [-0.2, -0.15) is 0 Å². The molecule has 0 unspecified atom stereocenters. The molecule has 0 spiro atoms. The molecule has 0 bridgehead atoms. The van der Waals surface area contributed by atoms with Gasteiger partial charge in [0.15, 0.2) is 0 Å². The molecule has 0 aliphatic heterocycles. The number of para-hydroxylation sites is 2. The van der Waals surface area contributed by atoms with Crippen LogP contribution in [0.15, 0.2) is 114 Å². The molecule has 3 heteroatoms. The minimum absolute atomic E-state index is 0.709. The van der Waals surface area contributed by atoms with E-state index in [0.29, 0.717) is 0 Å². The molecule has 0 amide bonds.